The fraction of sp³-hybridized carbons (Fsp3) is 0.273. The van der Waals surface area contributed by atoms with E-state index in [1.54, 1.807) is 13.1 Å². The molecule has 0 aliphatic carbocycles. The zero-order valence-electron chi connectivity index (χ0n) is 16.1. The molecule has 5 nitrogen and oxygen atoms in total. The van der Waals surface area contributed by atoms with Crippen molar-refractivity contribution in [2.24, 2.45) is 0 Å². The van der Waals surface area contributed by atoms with E-state index < -0.39 is 5.97 Å². The van der Waals surface area contributed by atoms with E-state index >= 15 is 0 Å². The van der Waals surface area contributed by atoms with Crippen LogP contribution < -0.4 is 10.1 Å². The summed E-state index contributed by atoms with van der Waals surface area (Å²) < 4.78 is 10.9. The molecule has 0 spiro atoms. The number of benzene rings is 2. The number of aromatic nitrogens is 1. The Kier molecular flexibility index (Phi) is 5.60. The van der Waals surface area contributed by atoms with Crippen molar-refractivity contribution in [2.75, 3.05) is 18.5 Å². The Morgan fingerprint density at radius 2 is 1.85 bits per heavy atom. The van der Waals surface area contributed by atoms with Crippen LogP contribution in [0.5, 0.6) is 5.75 Å². The monoisotopic (exact) mass is 364 g/mol. The van der Waals surface area contributed by atoms with Gasteiger partial charge in [0, 0.05) is 17.3 Å². The number of hydrogen-bond acceptors (Lipinski definition) is 5. The molecule has 140 valence electrons. The molecular formula is C22H24N2O3. The van der Waals surface area contributed by atoms with Crippen molar-refractivity contribution >= 4 is 28.2 Å². The van der Waals surface area contributed by atoms with Gasteiger partial charge in [0.1, 0.15) is 11.3 Å². The number of aryl methyl sites for hydroxylation is 2. The number of anilines is 2. The molecule has 3 rings (SSSR count). The van der Waals surface area contributed by atoms with E-state index in [0.717, 1.165) is 22.3 Å². The summed E-state index contributed by atoms with van der Waals surface area (Å²) in [5.41, 5.74) is 5.13. The second-order valence-electron chi connectivity index (χ2n) is 6.30. The number of ether oxygens (including phenoxy) is 2. The van der Waals surface area contributed by atoms with Crippen molar-refractivity contribution in [1.82, 2.24) is 4.98 Å². The third-order valence-electron chi connectivity index (χ3n) is 4.42. The highest BCUT2D eigenvalue weighted by Crippen LogP contribution is 2.32. The quantitative estimate of drug-likeness (QED) is 0.611. The van der Waals surface area contributed by atoms with Crippen LogP contribution in [-0.4, -0.2) is 24.2 Å². The number of rotatable bonds is 6. The lowest BCUT2D eigenvalue weighted by Gasteiger charge is -2.16. The van der Waals surface area contributed by atoms with Crippen LogP contribution in [0.15, 0.2) is 42.6 Å². The second-order valence-corrected chi connectivity index (χ2v) is 6.30. The summed E-state index contributed by atoms with van der Waals surface area (Å²) in [6, 6.07) is 11.8. The van der Waals surface area contributed by atoms with E-state index in [1.165, 1.54) is 11.1 Å². The Morgan fingerprint density at radius 3 is 2.56 bits per heavy atom. The van der Waals surface area contributed by atoms with Crippen LogP contribution >= 0.6 is 0 Å². The average molecular weight is 364 g/mol. The molecule has 0 amide bonds. The van der Waals surface area contributed by atoms with E-state index in [2.05, 4.69) is 36.3 Å². The smallest absolute Gasteiger partial charge is 0.341 e. The number of nitrogens with zero attached hydrogens (tertiary/aromatic N) is 1. The SMILES string of the molecule is CCOC(=O)c1cnc2ccc(OCC)cc2c1Nc1ccc(C)c(C)c1. The van der Waals surface area contributed by atoms with Crippen molar-refractivity contribution in [3.8, 4) is 5.75 Å². The van der Waals surface area contributed by atoms with E-state index in [9.17, 15) is 4.79 Å². The van der Waals surface area contributed by atoms with Gasteiger partial charge in [-0.1, -0.05) is 6.07 Å². The molecule has 0 unspecified atom stereocenters. The van der Waals surface area contributed by atoms with Crippen molar-refractivity contribution in [1.29, 1.82) is 0 Å². The predicted molar refractivity (Wildman–Crippen MR) is 108 cm³/mol. The van der Waals surface area contributed by atoms with Crippen LogP contribution in [0, 0.1) is 13.8 Å². The summed E-state index contributed by atoms with van der Waals surface area (Å²) in [7, 11) is 0. The fourth-order valence-electron chi connectivity index (χ4n) is 2.89. The molecule has 0 fully saturated rings. The zero-order valence-corrected chi connectivity index (χ0v) is 16.1. The molecule has 0 atom stereocenters. The first kappa shape index (κ1) is 18.7. The van der Waals surface area contributed by atoms with Crippen LogP contribution in [-0.2, 0) is 4.74 Å². The Balaban J connectivity index is 2.16. The Morgan fingerprint density at radius 1 is 1.04 bits per heavy atom. The van der Waals surface area contributed by atoms with Gasteiger partial charge in [0.05, 0.1) is 24.4 Å². The van der Waals surface area contributed by atoms with Gasteiger partial charge in [0.2, 0.25) is 0 Å². The van der Waals surface area contributed by atoms with Gasteiger partial charge < -0.3 is 14.8 Å². The van der Waals surface area contributed by atoms with Crippen LogP contribution in [0.25, 0.3) is 10.9 Å². The lowest BCUT2D eigenvalue weighted by Crippen LogP contribution is -2.09. The predicted octanol–water partition coefficient (Wildman–Crippen LogP) is 5.17. The standard InChI is InChI=1S/C22H24N2O3/c1-5-26-17-9-10-20-18(12-17)21(19(13-23-20)22(25)27-6-2)24-16-8-7-14(3)15(4)11-16/h7-13H,5-6H2,1-4H3,(H,23,24). The van der Waals surface area contributed by atoms with Crippen LogP contribution in [0.1, 0.15) is 35.3 Å². The van der Waals surface area contributed by atoms with Crippen LogP contribution in [0.4, 0.5) is 11.4 Å². The van der Waals surface area contributed by atoms with Crippen LogP contribution in [0.2, 0.25) is 0 Å². The molecule has 0 aliphatic heterocycles. The third-order valence-corrected chi connectivity index (χ3v) is 4.42. The Hall–Kier alpha value is -3.08. The van der Waals surface area contributed by atoms with Crippen molar-refractivity contribution in [3.05, 3.63) is 59.3 Å². The van der Waals surface area contributed by atoms with Crippen molar-refractivity contribution < 1.29 is 14.3 Å². The number of pyridine rings is 1. The molecule has 0 saturated heterocycles. The van der Waals surface area contributed by atoms with Crippen molar-refractivity contribution in [2.45, 2.75) is 27.7 Å². The second kappa shape index (κ2) is 8.08. The molecular weight excluding hydrogens is 340 g/mol. The van der Waals surface area contributed by atoms with Crippen molar-refractivity contribution in [3.63, 3.8) is 0 Å². The third kappa shape index (κ3) is 4.03. The molecule has 1 N–H and O–H groups in total. The highest BCUT2D eigenvalue weighted by Gasteiger charge is 2.17. The number of carbonyl (C=O) groups excluding carboxylic acids is 1. The van der Waals surface area contributed by atoms with Gasteiger partial charge in [-0.2, -0.15) is 0 Å². The minimum Gasteiger partial charge on any atom is -0.494 e. The Bertz CT molecular complexity index is 983. The number of fused-ring (bicyclic) bond motifs is 1. The van der Waals surface area contributed by atoms with Gasteiger partial charge in [0.15, 0.2) is 0 Å². The molecule has 27 heavy (non-hydrogen) atoms. The number of carbonyl (C=O) groups is 1. The maximum Gasteiger partial charge on any atom is 0.341 e. The molecule has 0 radical (unpaired) electrons. The number of nitrogens with one attached hydrogen (secondary N) is 1. The first-order valence-electron chi connectivity index (χ1n) is 9.10. The van der Waals surface area contributed by atoms with Gasteiger partial charge in [-0.3, -0.25) is 4.98 Å². The molecule has 3 aromatic rings. The lowest BCUT2D eigenvalue weighted by molar-refractivity contribution is 0.0527. The minimum absolute atomic E-state index is 0.304. The molecule has 1 aromatic heterocycles. The van der Waals surface area contributed by atoms with E-state index in [4.69, 9.17) is 9.47 Å². The molecule has 2 aromatic carbocycles. The maximum atomic E-state index is 12.5. The largest absolute Gasteiger partial charge is 0.494 e. The van der Waals surface area contributed by atoms with Crippen LogP contribution in [0.3, 0.4) is 0 Å². The highest BCUT2D eigenvalue weighted by molar-refractivity contribution is 6.06. The van der Waals surface area contributed by atoms with Gasteiger partial charge in [-0.05, 0) is 69.2 Å². The summed E-state index contributed by atoms with van der Waals surface area (Å²) in [5, 5.41) is 4.21. The molecule has 0 bridgehead atoms. The van der Waals surface area contributed by atoms with E-state index in [0.29, 0.717) is 24.5 Å². The normalized spacial score (nSPS) is 10.7. The summed E-state index contributed by atoms with van der Waals surface area (Å²) in [4.78, 5) is 16.9. The van der Waals surface area contributed by atoms with Gasteiger partial charge >= 0.3 is 5.97 Å². The van der Waals surface area contributed by atoms with Gasteiger partial charge in [0.25, 0.3) is 0 Å². The van der Waals surface area contributed by atoms with Gasteiger partial charge in [-0.15, -0.1) is 0 Å². The van der Waals surface area contributed by atoms with Gasteiger partial charge in [-0.25, -0.2) is 4.79 Å². The van der Waals surface area contributed by atoms with E-state index in [1.807, 2.05) is 31.2 Å². The first-order chi connectivity index (χ1) is 13.0. The maximum absolute atomic E-state index is 12.5. The molecule has 0 aliphatic rings. The summed E-state index contributed by atoms with van der Waals surface area (Å²) in [5.74, 6) is 0.330. The summed E-state index contributed by atoms with van der Waals surface area (Å²) >= 11 is 0. The topological polar surface area (TPSA) is 60.5 Å². The number of hydrogen-bond donors (Lipinski definition) is 1. The fourth-order valence-corrected chi connectivity index (χ4v) is 2.89. The molecule has 5 heteroatoms. The first-order valence-corrected chi connectivity index (χ1v) is 9.10. The summed E-state index contributed by atoms with van der Waals surface area (Å²) in [6.07, 6.45) is 1.56. The lowest BCUT2D eigenvalue weighted by atomic mass is 10.1. The summed E-state index contributed by atoms with van der Waals surface area (Å²) in [6.45, 7) is 8.72. The molecule has 1 heterocycles. The number of esters is 1. The average Bonchev–Trinajstić information content (AvgIpc) is 2.65. The highest BCUT2D eigenvalue weighted by atomic mass is 16.5. The Labute approximate surface area is 159 Å². The molecule has 0 saturated carbocycles. The van der Waals surface area contributed by atoms with E-state index in [-0.39, 0.29) is 0 Å². The minimum atomic E-state index is -0.403. The zero-order chi connectivity index (χ0) is 19.4.